The lowest BCUT2D eigenvalue weighted by Crippen LogP contribution is -2.33. The van der Waals surface area contributed by atoms with E-state index < -0.39 is 0 Å². The molecule has 2 aromatic heterocycles. The van der Waals surface area contributed by atoms with Crippen LogP contribution in [0, 0.1) is 0 Å². The number of hydrogen-bond acceptors (Lipinski definition) is 3. The van der Waals surface area contributed by atoms with Gasteiger partial charge in [-0.1, -0.05) is 25.1 Å². The largest absolute Gasteiger partial charge is 0.357 e. The van der Waals surface area contributed by atoms with Crippen molar-refractivity contribution < 1.29 is 0 Å². The van der Waals surface area contributed by atoms with Crippen LogP contribution in [0.3, 0.4) is 0 Å². The van der Waals surface area contributed by atoms with Gasteiger partial charge in [0.2, 0.25) is 0 Å². The van der Waals surface area contributed by atoms with E-state index in [9.17, 15) is 0 Å². The number of aromatic amines is 1. The standard InChI is InChI=1S/C19H22N4/c1-3-18-20-10-14(11-21-18)12-23-9-8-16-15-6-4-5-7-17(15)22-19(16)13(23)2/h4-7,10-11,13,22H,3,8-9,12H2,1-2H3. The third-order valence-electron chi connectivity index (χ3n) is 4.92. The van der Waals surface area contributed by atoms with Gasteiger partial charge >= 0.3 is 0 Å². The van der Waals surface area contributed by atoms with Gasteiger partial charge < -0.3 is 4.98 Å². The summed E-state index contributed by atoms with van der Waals surface area (Å²) in [5.41, 5.74) is 5.29. The summed E-state index contributed by atoms with van der Waals surface area (Å²) in [6, 6.07) is 9.00. The summed E-state index contributed by atoms with van der Waals surface area (Å²) >= 11 is 0. The number of aromatic nitrogens is 3. The van der Waals surface area contributed by atoms with Crippen LogP contribution in [0.15, 0.2) is 36.7 Å². The summed E-state index contributed by atoms with van der Waals surface area (Å²) in [4.78, 5) is 15.0. The minimum absolute atomic E-state index is 0.386. The number of H-pyrrole nitrogens is 1. The second-order valence-corrected chi connectivity index (χ2v) is 6.32. The third kappa shape index (κ3) is 2.53. The zero-order valence-corrected chi connectivity index (χ0v) is 13.7. The first kappa shape index (κ1) is 14.4. The fraction of sp³-hybridized carbons (Fsp3) is 0.368. The molecule has 3 aromatic rings. The number of rotatable bonds is 3. The number of hydrogen-bond donors (Lipinski definition) is 1. The molecule has 0 radical (unpaired) electrons. The number of benzene rings is 1. The van der Waals surface area contributed by atoms with E-state index in [0.717, 1.165) is 31.8 Å². The summed E-state index contributed by atoms with van der Waals surface area (Å²) in [5.74, 6) is 0.915. The molecule has 0 spiro atoms. The minimum atomic E-state index is 0.386. The molecule has 118 valence electrons. The predicted octanol–water partition coefficient (Wildman–Crippen LogP) is 3.64. The van der Waals surface area contributed by atoms with Gasteiger partial charge in [-0.3, -0.25) is 4.90 Å². The monoisotopic (exact) mass is 306 g/mol. The van der Waals surface area contributed by atoms with Crippen LogP contribution in [0.4, 0.5) is 0 Å². The quantitative estimate of drug-likeness (QED) is 0.803. The lowest BCUT2D eigenvalue weighted by molar-refractivity contribution is 0.186. The molecule has 1 unspecified atom stereocenters. The number of nitrogens with zero attached hydrogens (tertiary/aromatic N) is 3. The van der Waals surface area contributed by atoms with Crippen molar-refractivity contribution in [2.24, 2.45) is 0 Å². The zero-order chi connectivity index (χ0) is 15.8. The number of para-hydroxylation sites is 1. The molecule has 1 aliphatic rings. The Bertz CT molecular complexity index is 819. The number of aryl methyl sites for hydroxylation is 1. The first-order valence-electron chi connectivity index (χ1n) is 8.39. The average Bonchev–Trinajstić information content (AvgIpc) is 2.98. The Kier molecular flexibility index (Phi) is 3.62. The normalized spacial score (nSPS) is 18.3. The molecule has 0 amide bonds. The number of fused-ring (bicyclic) bond motifs is 3. The molecule has 1 atom stereocenters. The van der Waals surface area contributed by atoms with Crippen molar-refractivity contribution in [3.8, 4) is 0 Å². The van der Waals surface area contributed by atoms with Gasteiger partial charge in [0.25, 0.3) is 0 Å². The van der Waals surface area contributed by atoms with Crippen LogP contribution < -0.4 is 0 Å². The van der Waals surface area contributed by atoms with Crippen molar-refractivity contribution in [1.29, 1.82) is 0 Å². The smallest absolute Gasteiger partial charge is 0.127 e. The highest BCUT2D eigenvalue weighted by Crippen LogP contribution is 2.34. The highest BCUT2D eigenvalue weighted by atomic mass is 15.2. The van der Waals surface area contributed by atoms with Gasteiger partial charge in [-0.2, -0.15) is 0 Å². The Morgan fingerprint density at radius 3 is 2.78 bits per heavy atom. The van der Waals surface area contributed by atoms with Crippen LogP contribution in [0.25, 0.3) is 10.9 Å². The first-order valence-corrected chi connectivity index (χ1v) is 8.39. The van der Waals surface area contributed by atoms with Gasteiger partial charge in [-0.05, 0) is 25.0 Å². The van der Waals surface area contributed by atoms with Gasteiger partial charge in [0, 0.05) is 60.1 Å². The van der Waals surface area contributed by atoms with Crippen LogP contribution in [-0.2, 0) is 19.4 Å². The molecule has 23 heavy (non-hydrogen) atoms. The summed E-state index contributed by atoms with van der Waals surface area (Å²) in [7, 11) is 0. The fourth-order valence-electron chi connectivity index (χ4n) is 3.57. The van der Waals surface area contributed by atoms with E-state index in [1.807, 2.05) is 12.4 Å². The van der Waals surface area contributed by atoms with Crippen molar-refractivity contribution in [3.63, 3.8) is 0 Å². The van der Waals surface area contributed by atoms with Crippen LogP contribution in [0.1, 0.15) is 42.5 Å². The molecule has 1 N–H and O–H groups in total. The van der Waals surface area contributed by atoms with Gasteiger partial charge in [0.1, 0.15) is 5.82 Å². The van der Waals surface area contributed by atoms with Crippen LogP contribution >= 0.6 is 0 Å². The maximum absolute atomic E-state index is 4.42. The molecule has 0 saturated heterocycles. The number of nitrogens with one attached hydrogen (secondary N) is 1. The Labute approximate surface area is 136 Å². The van der Waals surface area contributed by atoms with Crippen molar-refractivity contribution in [2.75, 3.05) is 6.54 Å². The molecule has 0 saturated carbocycles. The molecule has 0 fully saturated rings. The van der Waals surface area contributed by atoms with E-state index in [1.54, 1.807) is 0 Å². The van der Waals surface area contributed by atoms with Crippen molar-refractivity contribution in [1.82, 2.24) is 19.9 Å². The van der Waals surface area contributed by atoms with Crippen LogP contribution in [0.5, 0.6) is 0 Å². The minimum Gasteiger partial charge on any atom is -0.357 e. The lowest BCUT2D eigenvalue weighted by atomic mass is 9.98. The fourth-order valence-corrected chi connectivity index (χ4v) is 3.57. The highest BCUT2D eigenvalue weighted by Gasteiger charge is 2.27. The Hall–Kier alpha value is -2.20. The van der Waals surface area contributed by atoms with E-state index in [1.165, 1.54) is 27.7 Å². The molecule has 4 nitrogen and oxygen atoms in total. The molecular weight excluding hydrogens is 284 g/mol. The molecule has 1 aliphatic heterocycles. The Morgan fingerprint density at radius 1 is 1.22 bits per heavy atom. The van der Waals surface area contributed by atoms with E-state index in [-0.39, 0.29) is 0 Å². The van der Waals surface area contributed by atoms with E-state index in [4.69, 9.17) is 0 Å². The summed E-state index contributed by atoms with van der Waals surface area (Å²) in [6.07, 6.45) is 5.93. The molecule has 0 bridgehead atoms. The maximum Gasteiger partial charge on any atom is 0.127 e. The molecule has 0 aliphatic carbocycles. The average molecular weight is 306 g/mol. The van der Waals surface area contributed by atoms with Crippen molar-refractivity contribution in [2.45, 2.75) is 39.3 Å². The molecule has 4 heteroatoms. The SMILES string of the molecule is CCc1ncc(CN2CCc3c([nH]c4ccccc34)C2C)cn1. The van der Waals surface area contributed by atoms with Crippen LogP contribution in [-0.4, -0.2) is 26.4 Å². The highest BCUT2D eigenvalue weighted by molar-refractivity contribution is 5.85. The van der Waals surface area contributed by atoms with Gasteiger partial charge in [-0.15, -0.1) is 0 Å². The van der Waals surface area contributed by atoms with E-state index in [2.05, 4.69) is 58.0 Å². The third-order valence-corrected chi connectivity index (χ3v) is 4.92. The molecule has 3 heterocycles. The maximum atomic E-state index is 4.42. The topological polar surface area (TPSA) is 44.8 Å². The molecule has 4 rings (SSSR count). The van der Waals surface area contributed by atoms with Gasteiger partial charge in [-0.25, -0.2) is 9.97 Å². The molecule has 1 aromatic carbocycles. The lowest BCUT2D eigenvalue weighted by Gasteiger charge is -2.33. The van der Waals surface area contributed by atoms with Gasteiger partial charge in [0.15, 0.2) is 0 Å². The van der Waals surface area contributed by atoms with E-state index >= 15 is 0 Å². The van der Waals surface area contributed by atoms with Crippen molar-refractivity contribution >= 4 is 10.9 Å². The zero-order valence-electron chi connectivity index (χ0n) is 13.7. The Morgan fingerprint density at radius 2 is 2.00 bits per heavy atom. The summed E-state index contributed by atoms with van der Waals surface area (Å²) < 4.78 is 0. The van der Waals surface area contributed by atoms with E-state index in [0.29, 0.717) is 6.04 Å². The van der Waals surface area contributed by atoms with Crippen LogP contribution in [0.2, 0.25) is 0 Å². The summed E-state index contributed by atoms with van der Waals surface area (Å²) in [5, 5.41) is 1.38. The van der Waals surface area contributed by atoms with Gasteiger partial charge in [0.05, 0.1) is 0 Å². The van der Waals surface area contributed by atoms with Crippen molar-refractivity contribution in [3.05, 3.63) is 59.3 Å². The second-order valence-electron chi connectivity index (χ2n) is 6.32. The summed E-state index contributed by atoms with van der Waals surface area (Å²) in [6.45, 7) is 6.35. The second kappa shape index (κ2) is 5.78. The predicted molar refractivity (Wildman–Crippen MR) is 92.2 cm³/mol. The Balaban J connectivity index is 1.60. The molecular formula is C19H22N4. The first-order chi connectivity index (χ1) is 11.3.